The number of hydrogen-bond donors (Lipinski definition) is 0. The average Bonchev–Trinajstić information content (AvgIpc) is 2.05. The average molecular weight is 280 g/mol. The van der Waals surface area contributed by atoms with E-state index in [1.54, 1.807) is 0 Å². The van der Waals surface area contributed by atoms with Crippen LogP contribution in [0.4, 0.5) is 4.39 Å². The molecule has 1 rings (SSSR count). The zero-order valence-corrected chi connectivity index (χ0v) is 8.46. The molecular weight excluding hydrogens is 274 g/mol. The van der Waals surface area contributed by atoms with Crippen LogP contribution in [0.1, 0.15) is 10.4 Å². The largest absolute Gasteiger partial charge is 0.496 e. The lowest BCUT2D eigenvalue weighted by Gasteiger charge is -2.03. The molecule has 0 unspecified atom stereocenters. The quantitative estimate of drug-likeness (QED) is 0.613. The standard InChI is InChI=1S/C8H6FIO2/c1-12-8-2-5(4-11)6(9)3-7(8)10/h2-4H,1H3. The molecule has 0 aliphatic heterocycles. The number of rotatable bonds is 2. The lowest BCUT2D eigenvalue weighted by molar-refractivity contribution is 0.111. The number of aldehydes is 1. The highest BCUT2D eigenvalue weighted by Gasteiger charge is 2.06. The molecule has 0 aliphatic carbocycles. The topological polar surface area (TPSA) is 26.3 Å². The van der Waals surface area contributed by atoms with Crippen LogP contribution in [0.2, 0.25) is 0 Å². The second kappa shape index (κ2) is 3.84. The molecular formula is C8H6FIO2. The minimum Gasteiger partial charge on any atom is -0.496 e. The molecule has 0 fully saturated rings. The monoisotopic (exact) mass is 280 g/mol. The molecule has 0 spiro atoms. The van der Waals surface area contributed by atoms with Crippen molar-refractivity contribution in [1.82, 2.24) is 0 Å². The van der Waals surface area contributed by atoms with Gasteiger partial charge in [0, 0.05) is 0 Å². The van der Waals surface area contributed by atoms with Crippen molar-refractivity contribution in [3.8, 4) is 5.75 Å². The van der Waals surface area contributed by atoms with Crippen LogP contribution in [0.5, 0.6) is 5.75 Å². The van der Waals surface area contributed by atoms with Crippen molar-refractivity contribution in [1.29, 1.82) is 0 Å². The highest BCUT2D eigenvalue weighted by Crippen LogP contribution is 2.23. The summed E-state index contributed by atoms with van der Waals surface area (Å²) >= 11 is 1.94. The maximum atomic E-state index is 12.9. The van der Waals surface area contributed by atoms with Gasteiger partial charge < -0.3 is 4.74 Å². The molecule has 0 saturated carbocycles. The van der Waals surface area contributed by atoms with E-state index in [9.17, 15) is 9.18 Å². The number of carbonyl (C=O) groups excluding carboxylic acids is 1. The SMILES string of the molecule is COc1cc(C=O)c(F)cc1I. The summed E-state index contributed by atoms with van der Waals surface area (Å²) in [5, 5.41) is 0. The molecule has 1 aromatic rings. The number of hydrogen-bond acceptors (Lipinski definition) is 2. The number of methoxy groups -OCH3 is 1. The van der Waals surface area contributed by atoms with Crippen molar-refractivity contribution in [2.24, 2.45) is 0 Å². The lowest BCUT2D eigenvalue weighted by atomic mass is 10.2. The van der Waals surface area contributed by atoms with Gasteiger partial charge >= 0.3 is 0 Å². The Labute approximate surface area is 82.9 Å². The Morgan fingerprint density at radius 3 is 2.75 bits per heavy atom. The Morgan fingerprint density at radius 1 is 1.58 bits per heavy atom. The number of carbonyl (C=O) groups is 1. The van der Waals surface area contributed by atoms with Gasteiger partial charge in [-0.1, -0.05) is 0 Å². The molecule has 64 valence electrons. The van der Waals surface area contributed by atoms with Gasteiger partial charge in [0.1, 0.15) is 11.6 Å². The first kappa shape index (κ1) is 9.44. The summed E-state index contributed by atoms with van der Waals surface area (Å²) in [6.45, 7) is 0. The van der Waals surface area contributed by atoms with E-state index < -0.39 is 5.82 Å². The second-order valence-corrected chi connectivity index (χ2v) is 3.29. The van der Waals surface area contributed by atoms with Gasteiger partial charge in [-0.25, -0.2) is 4.39 Å². The normalized spacial score (nSPS) is 9.58. The molecule has 1 aromatic carbocycles. The Bertz CT molecular complexity index is 312. The van der Waals surface area contributed by atoms with Crippen LogP contribution < -0.4 is 4.74 Å². The smallest absolute Gasteiger partial charge is 0.153 e. The fourth-order valence-electron chi connectivity index (χ4n) is 0.792. The van der Waals surface area contributed by atoms with Crippen molar-refractivity contribution in [2.75, 3.05) is 7.11 Å². The fourth-order valence-corrected chi connectivity index (χ4v) is 1.44. The maximum Gasteiger partial charge on any atom is 0.153 e. The minimum atomic E-state index is -0.518. The summed E-state index contributed by atoms with van der Waals surface area (Å²) < 4.78 is 18.4. The highest BCUT2D eigenvalue weighted by atomic mass is 127. The van der Waals surface area contributed by atoms with Gasteiger partial charge in [-0.3, -0.25) is 4.79 Å². The van der Waals surface area contributed by atoms with Crippen LogP contribution in [0, 0.1) is 9.39 Å². The molecule has 0 heterocycles. The molecule has 12 heavy (non-hydrogen) atoms. The van der Waals surface area contributed by atoms with Gasteiger partial charge in [0.05, 0.1) is 16.2 Å². The van der Waals surface area contributed by atoms with Gasteiger partial charge in [0.2, 0.25) is 0 Å². The summed E-state index contributed by atoms with van der Waals surface area (Å²) in [5.74, 6) is -0.00528. The van der Waals surface area contributed by atoms with E-state index in [1.165, 1.54) is 19.2 Å². The van der Waals surface area contributed by atoms with E-state index in [1.807, 2.05) is 22.6 Å². The molecule has 0 amide bonds. The zero-order chi connectivity index (χ0) is 9.14. The number of benzene rings is 1. The van der Waals surface area contributed by atoms with E-state index in [4.69, 9.17) is 4.74 Å². The van der Waals surface area contributed by atoms with Crippen LogP contribution in [0.3, 0.4) is 0 Å². The minimum absolute atomic E-state index is 0.0206. The summed E-state index contributed by atoms with van der Waals surface area (Å²) in [6.07, 6.45) is 0.466. The van der Waals surface area contributed by atoms with Gasteiger partial charge in [-0.2, -0.15) is 0 Å². The van der Waals surface area contributed by atoms with Crippen LogP contribution in [-0.2, 0) is 0 Å². The summed E-state index contributed by atoms with van der Waals surface area (Å²) in [7, 11) is 1.48. The first-order valence-corrected chi connectivity index (χ1v) is 4.25. The van der Waals surface area contributed by atoms with E-state index in [0.29, 0.717) is 15.6 Å². The fraction of sp³-hybridized carbons (Fsp3) is 0.125. The summed E-state index contributed by atoms with van der Waals surface area (Å²) in [6, 6.07) is 2.65. The van der Waals surface area contributed by atoms with Gasteiger partial charge in [-0.05, 0) is 34.7 Å². The van der Waals surface area contributed by atoms with Crippen molar-refractivity contribution < 1.29 is 13.9 Å². The number of ether oxygens (including phenoxy) is 1. The number of halogens is 2. The summed E-state index contributed by atoms with van der Waals surface area (Å²) in [5.41, 5.74) is 0.0206. The predicted octanol–water partition coefficient (Wildman–Crippen LogP) is 2.25. The Morgan fingerprint density at radius 2 is 2.25 bits per heavy atom. The van der Waals surface area contributed by atoms with Crippen molar-refractivity contribution in [3.05, 3.63) is 27.1 Å². The Balaban J connectivity index is 3.26. The van der Waals surface area contributed by atoms with Crippen LogP contribution in [0.15, 0.2) is 12.1 Å². The van der Waals surface area contributed by atoms with Gasteiger partial charge in [0.25, 0.3) is 0 Å². The molecule has 0 saturated heterocycles. The zero-order valence-electron chi connectivity index (χ0n) is 6.30. The molecule has 0 radical (unpaired) electrons. The molecule has 0 N–H and O–H groups in total. The maximum absolute atomic E-state index is 12.9. The van der Waals surface area contributed by atoms with E-state index in [-0.39, 0.29) is 5.56 Å². The van der Waals surface area contributed by atoms with E-state index in [0.717, 1.165) is 0 Å². The molecule has 2 nitrogen and oxygen atoms in total. The van der Waals surface area contributed by atoms with Crippen molar-refractivity contribution >= 4 is 28.9 Å². The second-order valence-electron chi connectivity index (χ2n) is 2.13. The van der Waals surface area contributed by atoms with E-state index >= 15 is 0 Å². The van der Waals surface area contributed by atoms with E-state index in [2.05, 4.69) is 0 Å². The van der Waals surface area contributed by atoms with Crippen LogP contribution in [-0.4, -0.2) is 13.4 Å². The highest BCUT2D eigenvalue weighted by molar-refractivity contribution is 14.1. The van der Waals surface area contributed by atoms with Gasteiger partial charge in [0.15, 0.2) is 6.29 Å². The predicted molar refractivity (Wildman–Crippen MR) is 51.1 cm³/mol. The third kappa shape index (κ3) is 1.74. The van der Waals surface area contributed by atoms with Crippen LogP contribution in [0.25, 0.3) is 0 Å². The van der Waals surface area contributed by atoms with Crippen LogP contribution >= 0.6 is 22.6 Å². The van der Waals surface area contributed by atoms with Gasteiger partial charge in [-0.15, -0.1) is 0 Å². The molecule has 0 bridgehead atoms. The third-order valence-corrected chi connectivity index (χ3v) is 2.24. The molecule has 0 atom stereocenters. The van der Waals surface area contributed by atoms with Crippen molar-refractivity contribution in [3.63, 3.8) is 0 Å². The summed E-state index contributed by atoms with van der Waals surface area (Å²) in [4.78, 5) is 10.3. The Hall–Kier alpha value is -0.650. The lowest BCUT2D eigenvalue weighted by Crippen LogP contribution is -1.93. The molecule has 0 aromatic heterocycles. The third-order valence-electron chi connectivity index (χ3n) is 1.40. The van der Waals surface area contributed by atoms with Crippen molar-refractivity contribution in [2.45, 2.75) is 0 Å². The molecule has 0 aliphatic rings. The first-order valence-electron chi connectivity index (χ1n) is 3.17. The molecule has 4 heteroatoms. The Kier molecular flexibility index (Phi) is 3.02. The first-order chi connectivity index (χ1) is 5.69.